The highest BCUT2D eigenvalue weighted by atomic mass is 16.5. The summed E-state index contributed by atoms with van der Waals surface area (Å²) in [6.07, 6.45) is -0.721. The van der Waals surface area contributed by atoms with Gasteiger partial charge in [0, 0.05) is 7.11 Å². The molecule has 0 amide bonds. The van der Waals surface area contributed by atoms with Crippen LogP contribution < -0.4 is 9.47 Å². The molecule has 21 heavy (non-hydrogen) atoms. The molecular weight excluding hydrogens is 268 g/mol. The Bertz CT molecular complexity index is 595. The molecular formula is C17H20O4. The molecule has 0 aliphatic rings. The van der Waals surface area contributed by atoms with Crippen LogP contribution in [-0.2, 0) is 11.3 Å². The number of rotatable bonds is 6. The third-order valence-corrected chi connectivity index (χ3v) is 3.30. The van der Waals surface area contributed by atoms with Crippen LogP contribution in [0.4, 0.5) is 0 Å². The van der Waals surface area contributed by atoms with Gasteiger partial charge in [-0.15, -0.1) is 0 Å². The summed E-state index contributed by atoms with van der Waals surface area (Å²) in [5.41, 5.74) is 2.59. The Morgan fingerprint density at radius 3 is 2.29 bits per heavy atom. The van der Waals surface area contributed by atoms with E-state index >= 15 is 0 Å². The zero-order valence-electron chi connectivity index (χ0n) is 12.5. The molecule has 0 aliphatic heterocycles. The summed E-state index contributed by atoms with van der Waals surface area (Å²) in [6.45, 7) is 0.520. The highest BCUT2D eigenvalue weighted by Gasteiger charge is 2.14. The van der Waals surface area contributed by atoms with E-state index in [4.69, 9.17) is 14.2 Å². The smallest absolute Gasteiger partial charge is 0.161 e. The maximum absolute atomic E-state index is 10.5. The molecule has 0 aliphatic carbocycles. The van der Waals surface area contributed by atoms with Gasteiger partial charge in [0.05, 0.1) is 20.8 Å². The molecule has 112 valence electrons. The van der Waals surface area contributed by atoms with E-state index in [1.807, 2.05) is 30.3 Å². The van der Waals surface area contributed by atoms with Crippen molar-refractivity contribution in [2.45, 2.75) is 12.7 Å². The Morgan fingerprint density at radius 1 is 0.905 bits per heavy atom. The monoisotopic (exact) mass is 288 g/mol. The average molecular weight is 288 g/mol. The topological polar surface area (TPSA) is 47.9 Å². The number of benzene rings is 2. The molecule has 2 aromatic carbocycles. The summed E-state index contributed by atoms with van der Waals surface area (Å²) in [4.78, 5) is 0. The quantitative estimate of drug-likeness (QED) is 0.888. The number of hydrogen-bond donors (Lipinski definition) is 1. The van der Waals surface area contributed by atoms with E-state index in [1.165, 1.54) is 0 Å². The minimum Gasteiger partial charge on any atom is -0.493 e. The van der Waals surface area contributed by atoms with Gasteiger partial charge in [0.25, 0.3) is 0 Å². The Hall–Kier alpha value is -2.04. The number of aliphatic hydroxyl groups excluding tert-OH is 1. The molecule has 1 unspecified atom stereocenters. The molecule has 0 aromatic heterocycles. The highest BCUT2D eigenvalue weighted by molar-refractivity contribution is 5.45. The molecule has 2 rings (SSSR count). The van der Waals surface area contributed by atoms with Crippen molar-refractivity contribution in [3.63, 3.8) is 0 Å². The molecule has 1 atom stereocenters. The summed E-state index contributed by atoms with van der Waals surface area (Å²) < 4.78 is 15.6. The number of aliphatic hydroxyl groups is 1. The summed E-state index contributed by atoms with van der Waals surface area (Å²) >= 11 is 0. The van der Waals surface area contributed by atoms with Crippen molar-refractivity contribution in [2.24, 2.45) is 0 Å². The zero-order chi connectivity index (χ0) is 15.2. The van der Waals surface area contributed by atoms with Crippen LogP contribution in [0.15, 0.2) is 42.5 Å². The third kappa shape index (κ3) is 3.54. The van der Waals surface area contributed by atoms with Crippen molar-refractivity contribution >= 4 is 0 Å². The van der Waals surface area contributed by atoms with Gasteiger partial charge in [-0.25, -0.2) is 0 Å². The van der Waals surface area contributed by atoms with Gasteiger partial charge in [-0.1, -0.05) is 30.3 Å². The maximum atomic E-state index is 10.5. The van der Waals surface area contributed by atoms with Crippen molar-refractivity contribution in [1.82, 2.24) is 0 Å². The second-order valence-electron chi connectivity index (χ2n) is 4.70. The minimum absolute atomic E-state index is 0.520. The summed E-state index contributed by atoms with van der Waals surface area (Å²) in [6, 6.07) is 13.1. The lowest BCUT2D eigenvalue weighted by Gasteiger charge is -2.15. The zero-order valence-corrected chi connectivity index (χ0v) is 12.5. The first-order valence-electron chi connectivity index (χ1n) is 6.67. The van der Waals surface area contributed by atoms with E-state index in [-0.39, 0.29) is 0 Å². The lowest BCUT2D eigenvalue weighted by molar-refractivity contribution is 0.184. The van der Waals surface area contributed by atoms with E-state index in [0.29, 0.717) is 18.1 Å². The van der Waals surface area contributed by atoms with Crippen molar-refractivity contribution in [1.29, 1.82) is 0 Å². The molecule has 4 nitrogen and oxygen atoms in total. The van der Waals surface area contributed by atoms with Gasteiger partial charge in [-0.3, -0.25) is 0 Å². The first-order chi connectivity index (χ1) is 10.2. The van der Waals surface area contributed by atoms with Crippen molar-refractivity contribution in [2.75, 3.05) is 21.3 Å². The second kappa shape index (κ2) is 7.11. The van der Waals surface area contributed by atoms with Crippen LogP contribution in [0.5, 0.6) is 11.5 Å². The molecule has 0 spiro atoms. The van der Waals surface area contributed by atoms with Crippen molar-refractivity contribution < 1.29 is 19.3 Å². The predicted octanol–water partition coefficient (Wildman–Crippen LogP) is 2.93. The van der Waals surface area contributed by atoms with Gasteiger partial charge in [0.15, 0.2) is 11.5 Å². The van der Waals surface area contributed by atoms with E-state index in [1.54, 1.807) is 33.5 Å². The molecule has 0 heterocycles. The van der Waals surface area contributed by atoms with Crippen LogP contribution in [0.25, 0.3) is 0 Å². The Morgan fingerprint density at radius 2 is 1.62 bits per heavy atom. The highest BCUT2D eigenvalue weighted by Crippen LogP contribution is 2.32. The number of hydrogen-bond acceptors (Lipinski definition) is 4. The number of methoxy groups -OCH3 is 3. The first-order valence-corrected chi connectivity index (χ1v) is 6.67. The van der Waals surface area contributed by atoms with E-state index in [0.717, 1.165) is 16.7 Å². The van der Waals surface area contributed by atoms with Gasteiger partial charge >= 0.3 is 0 Å². The van der Waals surface area contributed by atoms with Gasteiger partial charge in [-0.2, -0.15) is 0 Å². The van der Waals surface area contributed by atoms with Crippen LogP contribution in [0.3, 0.4) is 0 Å². The van der Waals surface area contributed by atoms with Crippen molar-refractivity contribution in [3.05, 3.63) is 59.2 Å². The normalized spacial score (nSPS) is 12.0. The van der Waals surface area contributed by atoms with Crippen LogP contribution in [0.1, 0.15) is 22.8 Å². The molecule has 0 bridgehead atoms. The second-order valence-corrected chi connectivity index (χ2v) is 4.70. The first kappa shape index (κ1) is 15.4. The maximum Gasteiger partial charge on any atom is 0.161 e. The molecule has 0 fully saturated rings. The van der Waals surface area contributed by atoms with Gasteiger partial charge < -0.3 is 19.3 Å². The largest absolute Gasteiger partial charge is 0.493 e. The third-order valence-electron chi connectivity index (χ3n) is 3.30. The van der Waals surface area contributed by atoms with E-state index in [2.05, 4.69) is 0 Å². The molecule has 0 saturated heterocycles. The van der Waals surface area contributed by atoms with Crippen LogP contribution in [-0.4, -0.2) is 26.4 Å². The van der Waals surface area contributed by atoms with E-state index < -0.39 is 6.10 Å². The number of ether oxygens (including phenoxy) is 3. The fourth-order valence-electron chi connectivity index (χ4n) is 2.23. The summed E-state index contributed by atoms with van der Waals surface area (Å²) in [5, 5.41) is 10.5. The van der Waals surface area contributed by atoms with Crippen LogP contribution in [0, 0.1) is 0 Å². The molecule has 1 N–H and O–H groups in total. The molecule has 0 saturated carbocycles. The lowest BCUT2D eigenvalue weighted by atomic mass is 9.99. The lowest BCUT2D eigenvalue weighted by Crippen LogP contribution is -2.02. The SMILES string of the molecule is COCc1cccc(C(O)c2ccc(OC)c(OC)c2)c1. The molecule has 2 aromatic rings. The molecule has 4 heteroatoms. The van der Waals surface area contributed by atoms with E-state index in [9.17, 15) is 5.11 Å². The standard InChI is InChI=1S/C17H20O4/c1-19-11-12-5-4-6-13(9-12)17(18)14-7-8-15(20-2)16(10-14)21-3/h4-10,17-18H,11H2,1-3H3. The summed E-state index contributed by atoms with van der Waals surface area (Å²) in [5.74, 6) is 1.24. The fourth-order valence-corrected chi connectivity index (χ4v) is 2.23. The van der Waals surface area contributed by atoms with Crippen molar-refractivity contribution in [3.8, 4) is 11.5 Å². The Labute approximate surface area is 124 Å². The van der Waals surface area contributed by atoms with Gasteiger partial charge in [0.2, 0.25) is 0 Å². The summed E-state index contributed by atoms with van der Waals surface area (Å²) in [7, 11) is 4.81. The average Bonchev–Trinajstić information content (AvgIpc) is 2.54. The van der Waals surface area contributed by atoms with Gasteiger partial charge in [0.1, 0.15) is 6.10 Å². The van der Waals surface area contributed by atoms with Gasteiger partial charge in [-0.05, 0) is 28.8 Å². The predicted molar refractivity (Wildman–Crippen MR) is 80.8 cm³/mol. The molecule has 0 radical (unpaired) electrons. The minimum atomic E-state index is -0.721. The fraction of sp³-hybridized carbons (Fsp3) is 0.294. The Balaban J connectivity index is 2.30. The van der Waals surface area contributed by atoms with Crippen LogP contribution in [0.2, 0.25) is 0 Å². The Kier molecular flexibility index (Phi) is 5.20. The van der Waals surface area contributed by atoms with Crippen LogP contribution >= 0.6 is 0 Å².